The summed E-state index contributed by atoms with van der Waals surface area (Å²) in [5.74, 6) is 0.777. The molecule has 0 aliphatic rings. The van der Waals surface area contributed by atoms with E-state index in [2.05, 4.69) is 14.7 Å². The third-order valence-corrected chi connectivity index (χ3v) is 8.80. The molecule has 0 unspecified atom stereocenters. The number of para-hydroxylation sites is 1. The number of thioether (sulfide) groups is 1. The van der Waals surface area contributed by atoms with Gasteiger partial charge in [0.1, 0.15) is 10.7 Å². The van der Waals surface area contributed by atoms with Gasteiger partial charge in [0.2, 0.25) is 0 Å². The summed E-state index contributed by atoms with van der Waals surface area (Å²) >= 11 is 3.17. The monoisotopic (exact) mass is 505 g/mol. The lowest BCUT2D eigenvalue weighted by molar-refractivity contribution is 0.602. The zero-order valence-electron chi connectivity index (χ0n) is 17.7. The van der Waals surface area contributed by atoms with E-state index in [-0.39, 0.29) is 10.7 Å². The fourth-order valence-corrected chi connectivity index (χ4v) is 6.70. The summed E-state index contributed by atoms with van der Waals surface area (Å²) in [6.45, 7) is 0. The van der Waals surface area contributed by atoms with Crippen molar-refractivity contribution in [2.45, 2.75) is 15.0 Å². The summed E-state index contributed by atoms with van der Waals surface area (Å²) in [5.41, 5.74) is 8.92. The lowest BCUT2D eigenvalue weighted by Gasteiger charge is -2.10. The molecule has 170 valence electrons. The van der Waals surface area contributed by atoms with E-state index in [1.54, 1.807) is 59.6 Å². The summed E-state index contributed by atoms with van der Waals surface area (Å²) in [6.07, 6.45) is 1.58. The van der Waals surface area contributed by atoms with Crippen molar-refractivity contribution < 1.29 is 8.42 Å². The highest BCUT2D eigenvalue weighted by Gasteiger charge is 2.19. The van der Waals surface area contributed by atoms with Gasteiger partial charge in [-0.25, -0.2) is 13.4 Å². The topological polar surface area (TPSA) is 122 Å². The summed E-state index contributed by atoms with van der Waals surface area (Å²) in [4.78, 5) is 9.05. The first kappa shape index (κ1) is 22.3. The van der Waals surface area contributed by atoms with Crippen LogP contribution in [0.3, 0.4) is 0 Å². The molecule has 0 saturated heterocycles. The number of amidine groups is 1. The van der Waals surface area contributed by atoms with Crippen molar-refractivity contribution in [2.24, 2.45) is 5.73 Å². The fourth-order valence-electron chi connectivity index (χ4n) is 3.46. The number of hydrogen-bond acceptors (Lipinski definition) is 7. The number of nitrogens with zero attached hydrogens (tertiary/aromatic N) is 2. The van der Waals surface area contributed by atoms with Gasteiger partial charge in [0.05, 0.1) is 21.4 Å². The average Bonchev–Trinajstić information content (AvgIpc) is 3.24. The van der Waals surface area contributed by atoms with Crippen molar-refractivity contribution in [3.63, 3.8) is 0 Å². The molecule has 4 N–H and O–H groups in total. The Morgan fingerprint density at radius 1 is 1.06 bits per heavy atom. The predicted molar refractivity (Wildman–Crippen MR) is 139 cm³/mol. The van der Waals surface area contributed by atoms with E-state index in [9.17, 15) is 8.42 Å². The summed E-state index contributed by atoms with van der Waals surface area (Å²) in [7, 11) is -3.82. The molecule has 0 saturated carbocycles. The second-order valence-corrected chi connectivity index (χ2v) is 11.4. The number of nitrogen functional groups attached to an aromatic ring is 1. The molecule has 0 spiro atoms. The number of anilines is 1. The maximum Gasteiger partial charge on any atom is 0.264 e. The Morgan fingerprint density at radius 3 is 2.65 bits per heavy atom. The Hall–Kier alpha value is -3.47. The standard InChI is InChI=1S/C24H19N5O2S3/c25-23(26)17-8-6-15(7-9-17)14-32-24-28-19-13-18(10-11-20(19)33-24)29-34(30,31)21-5-1-3-16-4-2-12-27-22(16)21/h1-13,29H,14H2,(H3,25,26). The third-order valence-electron chi connectivity index (χ3n) is 5.13. The van der Waals surface area contributed by atoms with Gasteiger partial charge in [0.15, 0.2) is 4.34 Å². The van der Waals surface area contributed by atoms with Crippen molar-refractivity contribution in [3.8, 4) is 0 Å². The largest absolute Gasteiger partial charge is 0.384 e. The van der Waals surface area contributed by atoms with Crippen molar-refractivity contribution >= 4 is 65.8 Å². The number of hydrogen-bond donors (Lipinski definition) is 3. The Labute approximate surface area is 204 Å². The van der Waals surface area contributed by atoms with Crippen LogP contribution < -0.4 is 10.5 Å². The quantitative estimate of drug-likeness (QED) is 0.158. The summed E-state index contributed by atoms with van der Waals surface area (Å²) < 4.78 is 30.7. The minimum Gasteiger partial charge on any atom is -0.384 e. The van der Waals surface area contributed by atoms with Crippen LogP contribution in [0.15, 0.2) is 88.2 Å². The highest BCUT2D eigenvalue weighted by atomic mass is 32.2. The maximum absolute atomic E-state index is 13.1. The van der Waals surface area contributed by atoms with Gasteiger partial charge >= 0.3 is 0 Å². The smallest absolute Gasteiger partial charge is 0.264 e. The molecule has 3 aromatic carbocycles. The van der Waals surface area contributed by atoms with Crippen LogP contribution in [0, 0.1) is 5.41 Å². The lowest BCUT2D eigenvalue weighted by Crippen LogP contribution is -2.13. The fraction of sp³-hybridized carbons (Fsp3) is 0.0417. The number of sulfonamides is 1. The first-order chi connectivity index (χ1) is 16.4. The predicted octanol–water partition coefficient (Wildman–Crippen LogP) is 5.22. The highest BCUT2D eigenvalue weighted by Crippen LogP contribution is 2.33. The van der Waals surface area contributed by atoms with Crippen LogP contribution in [-0.2, 0) is 15.8 Å². The van der Waals surface area contributed by atoms with E-state index in [1.165, 1.54) is 0 Å². The minimum atomic E-state index is -3.82. The van der Waals surface area contributed by atoms with Crippen LogP contribution in [0.1, 0.15) is 11.1 Å². The summed E-state index contributed by atoms with van der Waals surface area (Å²) in [6, 6.07) is 21.6. The number of nitrogens with two attached hydrogens (primary N) is 1. The normalized spacial score (nSPS) is 11.6. The molecule has 0 aliphatic heterocycles. The number of thiazole rings is 1. The van der Waals surface area contributed by atoms with Crippen LogP contribution in [0.25, 0.3) is 21.1 Å². The number of pyridine rings is 1. The number of rotatable bonds is 7. The zero-order chi connectivity index (χ0) is 23.7. The molecule has 34 heavy (non-hydrogen) atoms. The number of benzene rings is 3. The number of nitrogens with one attached hydrogen (secondary N) is 2. The maximum atomic E-state index is 13.1. The molecular weight excluding hydrogens is 486 g/mol. The van der Waals surface area contributed by atoms with Crippen LogP contribution in [0.5, 0.6) is 0 Å². The van der Waals surface area contributed by atoms with Crippen molar-refractivity contribution in [2.75, 3.05) is 4.72 Å². The van der Waals surface area contributed by atoms with Gasteiger partial charge in [-0.3, -0.25) is 15.1 Å². The SMILES string of the molecule is N=C(N)c1ccc(CSc2nc3cc(NS(=O)(=O)c4cccc5cccnc45)ccc3s2)cc1. The molecule has 0 radical (unpaired) electrons. The van der Waals surface area contributed by atoms with E-state index < -0.39 is 10.0 Å². The molecule has 2 aromatic heterocycles. The second kappa shape index (κ2) is 9.05. The van der Waals surface area contributed by atoms with Gasteiger partial charge in [0, 0.05) is 22.9 Å². The van der Waals surface area contributed by atoms with Crippen LogP contribution in [0.4, 0.5) is 5.69 Å². The van der Waals surface area contributed by atoms with Gasteiger partial charge in [-0.05, 0) is 35.9 Å². The summed E-state index contributed by atoms with van der Waals surface area (Å²) in [5, 5.41) is 8.24. The molecule has 7 nitrogen and oxygen atoms in total. The molecule has 0 fully saturated rings. The lowest BCUT2D eigenvalue weighted by atomic mass is 10.1. The third kappa shape index (κ3) is 4.60. The Morgan fingerprint density at radius 2 is 1.85 bits per heavy atom. The molecule has 2 heterocycles. The molecule has 0 amide bonds. The van der Waals surface area contributed by atoms with E-state index in [4.69, 9.17) is 11.1 Å². The molecule has 10 heteroatoms. The first-order valence-electron chi connectivity index (χ1n) is 10.2. The van der Waals surface area contributed by atoms with E-state index in [1.807, 2.05) is 42.5 Å². The van der Waals surface area contributed by atoms with E-state index >= 15 is 0 Å². The molecule has 0 atom stereocenters. The molecule has 0 bridgehead atoms. The Kier molecular flexibility index (Phi) is 5.94. The average molecular weight is 506 g/mol. The molecule has 0 aliphatic carbocycles. The zero-order valence-corrected chi connectivity index (χ0v) is 20.2. The Bertz CT molecular complexity index is 1620. The van der Waals surface area contributed by atoms with Gasteiger partial charge in [-0.15, -0.1) is 11.3 Å². The van der Waals surface area contributed by atoms with Gasteiger partial charge in [-0.2, -0.15) is 0 Å². The first-order valence-corrected chi connectivity index (χ1v) is 13.5. The number of aromatic nitrogens is 2. The number of fused-ring (bicyclic) bond motifs is 2. The van der Waals surface area contributed by atoms with Crippen LogP contribution in [0.2, 0.25) is 0 Å². The van der Waals surface area contributed by atoms with E-state index in [0.29, 0.717) is 16.8 Å². The van der Waals surface area contributed by atoms with Crippen molar-refractivity contribution in [3.05, 3.63) is 90.1 Å². The second-order valence-electron chi connectivity index (χ2n) is 7.50. The van der Waals surface area contributed by atoms with Gasteiger partial charge < -0.3 is 5.73 Å². The van der Waals surface area contributed by atoms with E-state index in [0.717, 1.165) is 31.3 Å². The molecule has 5 rings (SSSR count). The van der Waals surface area contributed by atoms with Gasteiger partial charge in [0.25, 0.3) is 10.0 Å². The van der Waals surface area contributed by atoms with Crippen LogP contribution >= 0.6 is 23.1 Å². The van der Waals surface area contributed by atoms with Gasteiger partial charge in [-0.1, -0.05) is 54.2 Å². The molecular formula is C24H19N5O2S3. The highest BCUT2D eigenvalue weighted by molar-refractivity contribution is 8.00. The molecule has 5 aromatic rings. The van der Waals surface area contributed by atoms with Crippen molar-refractivity contribution in [1.29, 1.82) is 5.41 Å². The Balaban J connectivity index is 1.34. The minimum absolute atomic E-state index is 0.0496. The van der Waals surface area contributed by atoms with Crippen LogP contribution in [-0.4, -0.2) is 24.2 Å². The van der Waals surface area contributed by atoms with Crippen molar-refractivity contribution in [1.82, 2.24) is 9.97 Å².